The Bertz CT molecular complexity index is 732. The van der Waals surface area contributed by atoms with E-state index in [4.69, 9.17) is 0 Å². The van der Waals surface area contributed by atoms with E-state index in [9.17, 15) is 0 Å². The van der Waals surface area contributed by atoms with E-state index in [1.54, 1.807) is 0 Å². The Morgan fingerprint density at radius 2 is 1.20 bits per heavy atom. The van der Waals surface area contributed by atoms with Crippen molar-refractivity contribution in [3.8, 4) is 0 Å². The summed E-state index contributed by atoms with van der Waals surface area (Å²) in [7, 11) is 0. The smallest absolute Gasteiger partial charge is 0.0240 e. The van der Waals surface area contributed by atoms with Gasteiger partial charge in [0.05, 0.1) is 0 Å². The summed E-state index contributed by atoms with van der Waals surface area (Å²) in [5.74, 6) is 0. The zero-order valence-corrected chi connectivity index (χ0v) is 14.8. The quantitative estimate of drug-likeness (QED) is 0.537. The van der Waals surface area contributed by atoms with Gasteiger partial charge in [0.15, 0.2) is 0 Å². The summed E-state index contributed by atoms with van der Waals surface area (Å²) in [6, 6.07) is 30.0. The van der Waals surface area contributed by atoms with Crippen LogP contribution in [0.5, 0.6) is 0 Å². The maximum Gasteiger partial charge on any atom is 0.0240 e. The average molecular weight is 327 g/mol. The highest BCUT2D eigenvalue weighted by molar-refractivity contribution is 5.49. The van der Waals surface area contributed by atoms with Gasteiger partial charge in [0, 0.05) is 19.6 Å². The van der Waals surface area contributed by atoms with E-state index in [2.05, 4.69) is 109 Å². The molecule has 3 aromatic rings. The van der Waals surface area contributed by atoms with Crippen molar-refractivity contribution >= 4 is 6.08 Å². The van der Waals surface area contributed by atoms with Crippen LogP contribution >= 0.6 is 0 Å². The number of benzene rings is 3. The maximum atomic E-state index is 2.47. The predicted molar refractivity (Wildman–Crippen MR) is 107 cm³/mol. The van der Waals surface area contributed by atoms with E-state index < -0.39 is 0 Å². The highest BCUT2D eigenvalue weighted by Crippen LogP contribution is 2.11. The van der Waals surface area contributed by atoms with Crippen molar-refractivity contribution in [1.82, 2.24) is 4.90 Å². The SMILES string of the molecule is Cc1ccc(/C=C/CN(Cc2ccccc2)Cc2ccccc2)cc1. The van der Waals surface area contributed by atoms with Crippen LogP contribution in [-0.2, 0) is 13.1 Å². The van der Waals surface area contributed by atoms with Crippen molar-refractivity contribution in [1.29, 1.82) is 0 Å². The fourth-order valence-electron chi connectivity index (χ4n) is 2.88. The minimum absolute atomic E-state index is 0.928. The van der Waals surface area contributed by atoms with Gasteiger partial charge in [0.2, 0.25) is 0 Å². The Kier molecular flexibility index (Phi) is 6.19. The molecule has 0 amide bonds. The first-order chi connectivity index (χ1) is 12.3. The third-order valence-electron chi connectivity index (χ3n) is 4.25. The summed E-state index contributed by atoms with van der Waals surface area (Å²) in [6.07, 6.45) is 4.47. The van der Waals surface area contributed by atoms with Gasteiger partial charge in [0.1, 0.15) is 0 Å². The summed E-state index contributed by atoms with van der Waals surface area (Å²) in [4.78, 5) is 2.47. The molecule has 0 spiro atoms. The topological polar surface area (TPSA) is 3.24 Å². The van der Waals surface area contributed by atoms with E-state index in [1.807, 2.05) is 0 Å². The molecular weight excluding hydrogens is 302 g/mol. The summed E-state index contributed by atoms with van der Waals surface area (Å²) >= 11 is 0. The first kappa shape index (κ1) is 17.2. The second kappa shape index (κ2) is 9.00. The van der Waals surface area contributed by atoms with Gasteiger partial charge in [-0.2, -0.15) is 0 Å². The normalized spacial score (nSPS) is 11.3. The molecule has 1 nitrogen and oxygen atoms in total. The van der Waals surface area contributed by atoms with Crippen molar-refractivity contribution in [3.63, 3.8) is 0 Å². The molecule has 0 fully saturated rings. The lowest BCUT2D eigenvalue weighted by atomic mass is 10.1. The van der Waals surface area contributed by atoms with E-state index >= 15 is 0 Å². The lowest BCUT2D eigenvalue weighted by molar-refractivity contribution is 0.286. The van der Waals surface area contributed by atoms with E-state index in [1.165, 1.54) is 22.3 Å². The molecule has 0 aromatic heterocycles. The van der Waals surface area contributed by atoms with Crippen LogP contribution in [0, 0.1) is 6.92 Å². The molecule has 0 aliphatic rings. The monoisotopic (exact) mass is 327 g/mol. The molecule has 0 atom stereocenters. The molecule has 0 aliphatic heterocycles. The van der Waals surface area contributed by atoms with Gasteiger partial charge in [-0.05, 0) is 23.6 Å². The highest BCUT2D eigenvalue weighted by atomic mass is 15.1. The second-order valence-electron chi connectivity index (χ2n) is 6.45. The van der Waals surface area contributed by atoms with Crippen LogP contribution in [0.15, 0.2) is 91.0 Å². The number of hydrogen-bond donors (Lipinski definition) is 0. The van der Waals surface area contributed by atoms with Gasteiger partial charge in [0.25, 0.3) is 0 Å². The van der Waals surface area contributed by atoms with Crippen LogP contribution in [0.25, 0.3) is 6.08 Å². The molecule has 0 radical (unpaired) electrons. The lowest BCUT2D eigenvalue weighted by Crippen LogP contribution is -2.22. The van der Waals surface area contributed by atoms with Gasteiger partial charge in [-0.15, -0.1) is 0 Å². The van der Waals surface area contributed by atoms with Crippen LogP contribution < -0.4 is 0 Å². The average Bonchev–Trinajstić information content (AvgIpc) is 2.65. The maximum absolute atomic E-state index is 2.47. The third kappa shape index (κ3) is 5.74. The molecule has 25 heavy (non-hydrogen) atoms. The zero-order chi connectivity index (χ0) is 17.3. The Morgan fingerprint density at radius 1 is 0.680 bits per heavy atom. The van der Waals surface area contributed by atoms with Crippen LogP contribution in [-0.4, -0.2) is 11.4 Å². The highest BCUT2D eigenvalue weighted by Gasteiger charge is 2.05. The molecule has 3 aromatic carbocycles. The standard InChI is InChI=1S/C24H25N/c1-21-14-16-22(17-15-21)13-8-18-25(19-23-9-4-2-5-10-23)20-24-11-6-3-7-12-24/h2-17H,18-20H2,1H3/b13-8+. The molecule has 0 saturated carbocycles. The van der Waals surface area contributed by atoms with E-state index in [0.717, 1.165) is 19.6 Å². The predicted octanol–water partition coefficient (Wildman–Crippen LogP) is 5.71. The van der Waals surface area contributed by atoms with Gasteiger partial charge < -0.3 is 0 Å². The number of hydrogen-bond acceptors (Lipinski definition) is 1. The number of aryl methyl sites for hydroxylation is 1. The molecule has 126 valence electrons. The fourth-order valence-corrected chi connectivity index (χ4v) is 2.88. The molecule has 1 heteroatoms. The summed E-state index contributed by atoms with van der Waals surface area (Å²) < 4.78 is 0. The van der Waals surface area contributed by atoms with Gasteiger partial charge in [-0.25, -0.2) is 0 Å². The zero-order valence-electron chi connectivity index (χ0n) is 14.8. The van der Waals surface area contributed by atoms with Crippen molar-refractivity contribution < 1.29 is 0 Å². The van der Waals surface area contributed by atoms with Gasteiger partial charge in [-0.3, -0.25) is 4.90 Å². The van der Waals surface area contributed by atoms with E-state index in [0.29, 0.717) is 0 Å². The second-order valence-corrected chi connectivity index (χ2v) is 6.45. The Balaban J connectivity index is 1.68. The Labute approximate surface area is 151 Å². The van der Waals surface area contributed by atoms with Gasteiger partial charge >= 0.3 is 0 Å². The molecule has 0 unspecified atom stereocenters. The largest absolute Gasteiger partial charge is 0.291 e. The van der Waals surface area contributed by atoms with Crippen molar-refractivity contribution in [2.45, 2.75) is 20.0 Å². The summed E-state index contributed by atoms with van der Waals surface area (Å²) in [5, 5.41) is 0. The van der Waals surface area contributed by atoms with Crippen molar-refractivity contribution in [2.75, 3.05) is 6.54 Å². The molecule has 0 bridgehead atoms. The number of nitrogens with zero attached hydrogens (tertiary/aromatic N) is 1. The molecular formula is C24H25N. The molecule has 3 rings (SSSR count). The Hall–Kier alpha value is -2.64. The molecule has 0 heterocycles. The summed E-state index contributed by atoms with van der Waals surface area (Å²) in [6.45, 7) is 4.95. The molecule has 0 saturated heterocycles. The lowest BCUT2D eigenvalue weighted by Gasteiger charge is -2.21. The minimum atomic E-state index is 0.928. The summed E-state index contributed by atoms with van der Waals surface area (Å²) in [5.41, 5.74) is 5.25. The molecule has 0 aliphatic carbocycles. The van der Waals surface area contributed by atoms with Crippen LogP contribution in [0.4, 0.5) is 0 Å². The first-order valence-electron chi connectivity index (χ1n) is 8.83. The fraction of sp³-hybridized carbons (Fsp3) is 0.167. The molecule has 0 N–H and O–H groups in total. The van der Waals surface area contributed by atoms with Crippen LogP contribution in [0.1, 0.15) is 22.3 Å². The minimum Gasteiger partial charge on any atom is -0.291 e. The van der Waals surface area contributed by atoms with Crippen molar-refractivity contribution in [2.24, 2.45) is 0 Å². The first-order valence-corrected chi connectivity index (χ1v) is 8.83. The van der Waals surface area contributed by atoms with Crippen LogP contribution in [0.3, 0.4) is 0 Å². The van der Waals surface area contributed by atoms with Crippen molar-refractivity contribution in [3.05, 3.63) is 113 Å². The third-order valence-corrected chi connectivity index (χ3v) is 4.25. The number of rotatable bonds is 7. The van der Waals surface area contributed by atoms with E-state index in [-0.39, 0.29) is 0 Å². The van der Waals surface area contributed by atoms with Gasteiger partial charge in [-0.1, -0.05) is 103 Å². The van der Waals surface area contributed by atoms with Crippen LogP contribution in [0.2, 0.25) is 0 Å². The Morgan fingerprint density at radius 3 is 1.72 bits per heavy atom.